The predicted molar refractivity (Wildman–Crippen MR) is 72.9 cm³/mol. The number of amidine groups is 1. The third-order valence-electron chi connectivity index (χ3n) is 4.20. The van der Waals surface area contributed by atoms with Gasteiger partial charge in [0.2, 0.25) is 5.91 Å². The van der Waals surface area contributed by atoms with E-state index < -0.39 is 11.0 Å². The van der Waals surface area contributed by atoms with Crippen molar-refractivity contribution in [2.75, 3.05) is 13.1 Å². The first-order valence-corrected chi connectivity index (χ1v) is 6.76. The van der Waals surface area contributed by atoms with Gasteiger partial charge in [0.15, 0.2) is 5.84 Å². The molecule has 2 atom stereocenters. The molecule has 1 saturated heterocycles. The maximum atomic E-state index is 12.6. The summed E-state index contributed by atoms with van der Waals surface area (Å²) >= 11 is 0. The molecule has 1 aliphatic heterocycles. The number of likely N-dealkylation sites (tertiary alicyclic amines) is 1. The fourth-order valence-electron chi connectivity index (χ4n) is 2.37. The minimum Gasteiger partial charge on any atom is -0.409 e. The molecule has 0 saturated carbocycles. The van der Waals surface area contributed by atoms with Gasteiger partial charge in [-0.25, -0.2) is 0 Å². The van der Waals surface area contributed by atoms with Crippen LogP contribution in [0.5, 0.6) is 0 Å². The number of hydrogen-bond donors (Lipinski definition) is 3. The van der Waals surface area contributed by atoms with Crippen molar-refractivity contribution in [3.05, 3.63) is 0 Å². The van der Waals surface area contributed by atoms with E-state index in [4.69, 9.17) is 10.9 Å². The number of amides is 1. The van der Waals surface area contributed by atoms with E-state index in [1.54, 1.807) is 18.7 Å². The Kier molecular flexibility index (Phi) is 4.79. The summed E-state index contributed by atoms with van der Waals surface area (Å²) in [7, 11) is 0. The van der Waals surface area contributed by atoms with Crippen LogP contribution in [-0.4, -0.2) is 45.6 Å². The Morgan fingerprint density at radius 1 is 1.47 bits per heavy atom. The number of oxime groups is 1. The summed E-state index contributed by atoms with van der Waals surface area (Å²) in [4.78, 5) is 14.3. The second kappa shape index (κ2) is 5.77. The summed E-state index contributed by atoms with van der Waals surface area (Å²) in [5.74, 6) is -0.195. The van der Waals surface area contributed by atoms with Crippen molar-refractivity contribution in [2.45, 2.75) is 52.1 Å². The first-order valence-electron chi connectivity index (χ1n) is 6.76. The third kappa shape index (κ3) is 3.37. The second-order valence-corrected chi connectivity index (χ2v) is 5.81. The van der Waals surface area contributed by atoms with Crippen molar-refractivity contribution in [2.24, 2.45) is 16.3 Å². The molecule has 4 N–H and O–H groups in total. The fraction of sp³-hybridized carbons (Fsp3) is 0.846. The van der Waals surface area contributed by atoms with Gasteiger partial charge in [-0.05, 0) is 39.5 Å². The van der Waals surface area contributed by atoms with Gasteiger partial charge in [0, 0.05) is 13.1 Å². The molecule has 0 aliphatic carbocycles. The van der Waals surface area contributed by atoms with Crippen LogP contribution in [0.3, 0.4) is 0 Å². The molecule has 1 rings (SSSR count). The lowest BCUT2D eigenvalue weighted by atomic mass is 9.84. The average molecular weight is 271 g/mol. The van der Waals surface area contributed by atoms with Crippen molar-refractivity contribution in [3.63, 3.8) is 0 Å². The summed E-state index contributed by atoms with van der Waals surface area (Å²) < 4.78 is 0. The molecular formula is C13H25N3O3. The van der Waals surface area contributed by atoms with E-state index in [0.29, 0.717) is 32.4 Å². The number of hydrogen-bond acceptors (Lipinski definition) is 4. The van der Waals surface area contributed by atoms with Crippen LogP contribution in [0.1, 0.15) is 46.5 Å². The zero-order valence-corrected chi connectivity index (χ0v) is 12.0. The van der Waals surface area contributed by atoms with Gasteiger partial charge in [-0.1, -0.05) is 12.1 Å². The van der Waals surface area contributed by atoms with Gasteiger partial charge >= 0.3 is 0 Å². The van der Waals surface area contributed by atoms with Crippen molar-refractivity contribution in [3.8, 4) is 0 Å². The molecule has 110 valence electrons. The Hall–Kier alpha value is -1.30. The van der Waals surface area contributed by atoms with Gasteiger partial charge in [-0.3, -0.25) is 4.79 Å². The molecule has 1 fully saturated rings. The fourth-order valence-corrected chi connectivity index (χ4v) is 2.37. The highest BCUT2D eigenvalue weighted by Crippen LogP contribution is 2.28. The SMILES string of the molecule is CCC(C)(C(=O)N1CCCC(C)(O)CC1)C(N)=NO. The molecule has 0 aromatic heterocycles. The smallest absolute Gasteiger partial charge is 0.236 e. The first-order chi connectivity index (χ1) is 8.77. The van der Waals surface area contributed by atoms with Crippen molar-refractivity contribution < 1.29 is 15.1 Å². The standard InChI is InChI=1S/C13H25N3O3/c1-4-13(3,10(14)15-19)11(17)16-8-5-6-12(2,18)7-9-16/h18-19H,4-9H2,1-3H3,(H2,14,15). The Labute approximate surface area is 114 Å². The number of nitrogens with two attached hydrogens (primary N) is 1. The topological polar surface area (TPSA) is 99.2 Å². The van der Waals surface area contributed by atoms with Gasteiger partial charge in [-0.15, -0.1) is 0 Å². The quantitative estimate of drug-likeness (QED) is 0.307. The third-order valence-corrected chi connectivity index (χ3v) is 4.20. The average Bonchev–Trinajstić information content (AvgIpc) is 2.56. The summed E-state index contributed by atoms with van der Waals surface area (Å²) in [6.45, 7) is 6.42. The zero-order chi connectivity index (χ0) is 14.7. The molecule has 0 aromatic carbocycles. The van der Waals surface area contributed by atoms with Crippen LogP contribution in [0, 0.1) is 5.41 Å². The van der Waals surface area contributed by atoms with E-state index in [1.807, 2.05) is 6.92 Å². The van der Waals surface area contributed by atoms with E-state index in [2.05, 4.69) is 5.16 Å². The molecule has 19 heavy (non-hydrogen) atoms. The van der Waals surface area contributed by atoms with Crippen molar-refractivity contribution in [1.82, 2.24) is 4.90 Å². The highest BCUT2D eigenvalue weighted by Gasteiger charge is 2.40. The van der Waals surface area contributed by atoms with Crippen molar-refractivity contribution in [1.29, 1.82) is 0 Å². The molecule has 2 unspecified atom stereocenters. The van der Waals surface area contributed by atoms with Crippen molar-refractivity contribution >= 4 is 11.7 Å². The highest BCUT2D eigenvalue weighted by atomic mass is 16.4. The van der Waals surface area contributed by atoms with E-state index in [-0.39, 0.29) is 11.7 Å². The van der Waals surface area contributed by atoms with E-state index >= 15 is 0 Å². The Morgan fingerprint density at radius 2 is 2.11 bits per heavy atom. The molecule has 0 aromatic rings. The number of rotatable bonds is 3. The Bertz CT molecular complexity index is 368. The summed E-state index contributed by atoms with van der Waals surface area (Å²) in [6, 6.07) is 0. The molecule has 1 aliphatic rings. The number of nitrogens with zero attached hydrogens (tertiary/aromatic N) is 2. The van der Waals surface area contributed by atoms with Gasteiger partial charge in [0.1, 0.15) is 5.41 Å². The predicted octanol–water partition coefficient (Wildman–Crippen LogP) is 0.913. The minimum absolute atomic E-state index is 0.0593. The van der Waals surface area contributed by atoms with Gasteiger partial charge < -0.3 is 20.9 Å². The maximum absolute atomic E-state index is 12.6. The molecule has 1 amide bonds. The van der Waals surface area contributed by atoms with Gasteiger partial charge in [0.05, 0.1) is 5.60 Å². The number of aliphatic hydroxyl groups is 1. The van der Waals surface area contributed by atoms with Crippen LogP contribution < -0.4 is 5.73 Å². The lowest BCUT2D eigenvalue weighted by Crippen LogP contribution is -2.50. The summed E-state index contributed by atoms with van der Waals surface area (Å²) in [5.41, 5.74) is 3.97. The van der Waals surface area contributed by atoms with E-state index in [0.717, 1.165) is 6.42 Å². The van der Waals surface area contributed by atoms with E-state index in [1.165, 1.54) is 0 Å². The first kappa shape index (κ1) is 15.8. The maximum Gasteiger partial charge on any atom is 0.236 e. The van der Waals surface area contributed by atoms with Gasteiger partial charge in [-0.2, -0.15) is 0 Å². The van der Waals surface area contributed by atoms with Crippen LogP contribution in [0.2, 0.25) is 0 Å². The molecular weight excluding hydrogens is 246 g/mol. The number of carbonyl (C=O) groups excluding carboxylic acids is 1. The normalized spacial score (nSPS) is 28.6. The number of carbonyl (C=O) groups is 1. The monoisotopic (exact) mass is 271 g/mol. The largest absolute Gasteiger partial charge is 0.409 e. The van der Waals surface area contributed by atoms with Gasteiger partial charge in [0.25, 0.3) is 0 Å². The minimum atomic E-state index is -0.981. The lowest BCUT2D eigenvalue weighted by molar-refractivity contribution is -0.138. The molecule has 1 heterocycles. The lowest BCUT2D eigenvalue weighted by Gasteiger charge is -2.32. The second-order valence-electron chi connectivity index (χ2n) is 5.81. The highest BCUT2D eigenvalue weighted by molar-refractivity contribution is 6.06. The zero-order valence-electron chi connectivity index (χ0n) is 12.0. The van der Waals surface area contributed by atoms with Crippen LogP contribution in [-0.2, 0) is 4.79 Å². The van der Waals surface area contributed by atoms with Crippen LogP contribution in [0.4, 0.5) is 0 Å². The van der Waals surface area contributed by atoms with Crippen LogP contribution >= 0.6 is 0 Å². The molecule has 6 nitrogen and oxygen atoms in total. The Balaban J connectivity index is 2.87. The van der Waals surface area contributed by atoms with Crippen LogP contribution in [0.15, 0.2) is 5.16 Å². The molecule has 0 radical (unpaired) electrons. The molecule has 0 spiro atoms. The Morgan fingerprint density at radius 3 is 2.63 bits per heavy atom. The van der Waals surface area contributed by atoms with E-state index in [9.17, 15) is 9.90 Å². The summed E-state index contributed by atoms with van der Waals surface area (Å²) in [6.07, 6.45) is 2.46. The molecule has 0 bridgehead atoms. The van der Waals surface area contributed by atoms with Crippen LogP contribution in [0.25, 0.3) is 0 Å². The summed E-state index contributed by atoms with van der Waals surface area (Å²) in [5, 5.41) is 21.9. The molecule has 6 heteroatoms.